The van der Waals surface area contributed by atoms with Gasteiger partial charge in [-0.25, -0.2) is 0 Å². The summed E-state index contributed by atoms with van der Waals surface area (Å²) in [6.07, 6.45) is 3.42. The van der Waals surface area contributed by atoms with Crippen molar-refractivity contribution in [2.75, 3.05) is 0 Å². The Balaban J connectivity index is 2.04. The first-order valence-corrected chi connectivity index (χ1v) is 7.68. The maximum absolute atomic E-state index is 11.4. The van der Waals surface area contributed by atoms with Crippen molar-refractivity contribution in [2.45, 2.75) is 41.4 Å². The summed E-state index contributed by atoms with van der Waals surface area (Å²) in [6.45, 7) is 0. The van der Waals surface area contributed by atoms with E-state index in [0.29, 0.717) is 18.1 Å². The lowest BCUT2D eigenvalue weighted by Gasteiger charge is -2.35. The maximum Gasteiger partial charge on any atom is 0.237 e. The minimum absolute atomic E-state index is 0.366. The van der Waals surface area contributed by atoms with Gasteiger partial charge in [0.1, 0.15) is 0 Å². The van der Waals surface area contributed by atoms with Crippen LogP contribution in [0.15, 0.2) is 33.6 Å². The maximum atomic E-state index is 11.4. The van der Waals surface area contributed by atoms with Gasteiger partial charge in [-0.2, -0.15) is 0 Å². The van der Waals surface area contributed by atoms with Crippen molar-refractivity contribution >= 4 is 33.6 Å². The Morgan fingerprint density at radius 2 is 2.28 bits per heavy atom. The number of rotatable bonds is 3. The molecule has 0 saturated heterocycles. The summed E-state index contributed by atoms with van der Waals surface area (Å²) in [7, 11) is 0. The number of halogens is 1. The summed E-state index contributed by atoms with van der Waals surface area (Å²) in [5.74, 6) is -0.373. The number of thioether (sulfide) groups is 1. The van der Waals surface area contributed by atoms with E-state index in [-0.39, 0.29) is 5.91 Å². The molecule has 0 radical (unpaired) electrons. The number of carbonyl (C=O) groups excluding carboxylic acids is 1. The molecule has 98 valence electrons. The van der Waals surface area contributed by atoms with Gasteiger partial charge in [0.05, 0.1) is 5.54 Å². The molecule has 1 aromatic rings. The monoisotopic (exact) mass is 328 g/mol. The summed E-state index contributed by atoms with van der Waals surface area (Å²) in [5, 5.41) is 0.366. The van der Waals surface area contributed by atoms with E-state index in [1.807, 2.05) is 12.1 Å². The summed E-state index contributed by atoms with van der Waals surface area (Å²) < 4.78 is 1.07. The lowest BCUT2D eigenvalue weighted by Crippen LogP contribution is -2.55. The topological polar surface area (TPSA) is 69.1 Å². The third-order valence-corrected chi connectivity index (χ3v) is 5.09. The van der Waals surface area contributed by atoms with E-state index in [0.717, 1.165) is 17.3 Å². The standard InChI is InChI=1S/C13H17BrN2OS/c14-9-3-1-4-10(7-9)18-11-5-2-6-13(16,8-11)12(15)17/h1,3-4,7,11H,2,5-6,8,16H2,(H2,15,17). The Morgan fingerprint density at radius 3 is 2.94 bits per heavy atom. The molecule has 1 fully saturated rings. The van der Waals surface area contributed by atoms with Gasteiger partial charge >= 0.3 is 0 Å². The molecular formula is C13H17BrN2OS. The summed E-state index contributed by atoms with van der Waals surface area (Å²) >= 11 is 5.24. The summed E-state index contributed by atoms with van der Waals surface area (Å²) in [4.78, 5) is 12.6. The molecule has 18 heavy (non-hydrogen) atoms. The van der Waals surface area contributed by atoms with Gasteiger partial charge in [0.2, 0.25) is 5.91 Å². The summed E-state index contributed by atoms with van der Waals surface area (Å²) in [6, 6.07) is 8.18. The van der Waals surface area contributed by atoms with E-state index in [1.165, 1.54) is 4.90 Å². The van der Waals surface area contributed by atoms with Gasteiger partial charge in [-0.15, -0.1) is 11.8 Å². The zero-order valence-corrected chi connectivity index (χ0v) is 12.5. The molecule has 2 atom stereocenters. The third-order valence-electron chi connectivity index (χ3n) is 3.33. The molecule has 1 saturated carbocycles. The Hall–Kier alpha value is -0.520. The van der Waals surface area contributed by atoms with Crippen molar-refractivity contribution in [3.63, 3.8) is 0 Å². The van der Waals surface area contributed by atoms with Crippen molar-refractivity contribution < 1.29 is 4.79 Å². The predicted octanol–water partition coefficient (Wildman–Crippen LogP) is 2.67. The number of benzene rings is 1. The highest BCUT2D eigenvalue weighted by Crippen LogP contribution is 2.37. The van der Waals surface area contributed by atoms with Crippen molar-refractivity contribution in [3.05, 3.63) is 28.7 Å². The fraction of sp³-hybridized carbons (Fsp3) is 0.462. The molecule has 2 rings (SSSR count). The van der Waals surface area contributed by atoms with Crippen molar-refractivity contribution in [1.29, 1.82) is 0 Å². The quantitative estimate of drug-likeness (QED) is 0.896. The highest BCUT2D eigenvalue weighted by Gasteiger charge is 2.37. The molecular weight excluding hydrogens is 312 g/mol. The molecule has 1 amide bonds. The molecule has 0 heterocycles. The first-order valence-electron chi connectivity index (χ1n) is 6.01. The Morgan fingerprint density at radius 1 is 1.50 bits per heavy atom. The lowest BCUT2D eigenvalue weighted by atomic mass is 9.82. The zero-order chi connectivity index (χ0) is 13.2. The smallest absolute Gasteiger partial charge is 0.237 e. The molecule has 4 N–H and O–H groups in total. The minimum Gasteiger partial charge on any atom is -0.368 e. The van der Waals surface area contributed by atoms with Crippen molar-refractivity contribution in [2.24, 2.45) is 11.5 Å². The molecule has 5 heteroatoms. The number of nitrogens with two attached hydrogens (primary N) is 2. The van der Waals surface area contributed by atoms with Gasteiger partial charge in [-0.05, 0) is 43.9 Å². The van der Waals surface area contributed by atoms with Crippen LogP contribution in [0.4, 0.5) is 0 Å². The van der Waals surface area contributed by atoms with Gasteiger partial charge in [0.15, 0.2) is 0 Å². The lowest BCUT2D eigenvalue weighted by molar-refractivity contribution is -0.124. The second-order valence-corrected chi connectivity index (χ2v) is 7.10. The van der Waals surface area contributed by atoms with Crippen LogP contribution in [0, 0.1) is 0 Å². The number of carbonyl (C=O) groups is 1. The SMILES string of the molecule is NC(=O)C1(N)CCCC(Sc2cccc(Br)c2)C1. The molecule has 0 aromatic heterocycles. The van der Waals surface area contributed by atoms with Crippen molar-refractivity contribution in [3.8, 4) is 0 Å². The van der Waals surface area contributed by atoms with Crippen LogP contribution in [0.3, 0.4) is 0 Å². The fourth-order valence-electron chi connectivity index (χ4n) is 2.31. The Bertz CT molecular complexity index is 454. The molecule has 0 aliphatic heterocycles. The first kappa shape index (κ1) is 13.9. The number of hydrogen-bond acceptors (Lipinski definition) is 3. The van der Waals surface area contributed by atoms with Crippen LogP contribution in [-0.4, -0.2) is 16.7 Å². The fourth-order valence-corrected chi connectivity index (χ4v) is 4.27. The number of hydrogen-bond donors (Lipinski definition) is 2. The second kappa shape index (κ2) is 5.63. The highest BCUT2D eigenvalue weighted by molar-refractivity contribution is 9.10. The van der Waals surface area contributed by atoms with Gasteiger partial charge < -0.3 is 11.5 Å². The summed E-state index contributed by atoms with van der Waals surface area (Å²) in [5.41, 5.74) is 10.7. The van der Waals surface area contributed by atoms with Gasteiger partial charge in [-0.3, -0.25) is 4.79 Å². The second-order valence-electron chi connectivity index (χ2n) is 4.81. The van der Waals surface area contributed by atoms with E-state index in [1.54, 1.807) is 11.8 Å². The highest BCUT2D eigenvalue weighted by atomic mass is 79.9. The normalized spacial score (nSPS) is 28.0. The predicted molar refractivity (Wildman–Crippen MR) is 78.4 cm³/mol. The average Bonchev–Trinajstić information content (AvgIpc) is 2.29. The molecule has 1 aliphatic rings. The third kappa shape index (κ3) is 3.28. The van der Waals surface area contributed by atoms with Crippen LogP contribution >= 0.6 is 27.7 Å². The van der Waals surface area contributed by atoms with E-state index in [2.05, 4.69) is 28.1 Å². The van der Waals surface area contributed by atoms with Gasteiger partial charge in [-0.1, -0.05) is 22.0 Å². The number of primary amides is 1. The van der Waals surface area contributed by atoms with E-state index in [9.17, 15) is 4.79 Å². The Labute approximate surface area is 120 Å². The molecule has 1 aromatic carbocycles. The van der Waals surface area contributed by atoms with E-state index in [4.69, 9.17) is 11.5 Å². The van der Waals surface area contributed by atoms with Gasteiger partial charge in [0.25, 0.3) is 0 Å². The van der Waals surface area contributed by atoms with Gasteiger partial charge in [0, 0.05) is 14.6 Å². The molecule has 1 aliphatic carbocycles. The largest absolute Gasteiger partial charge is 0.368 e. The average molecular weight is 329 g/mol. The van der Waals surface area contributed by atoms with Crippen LogP contribution in [0.1, 0.15) is 25.7 Å². The van der Waals surface area contributed by atoms with Crippen LogP contribution in [0.2, 0.25) is 0 Å². The molecule has 2 unspecified atom stereocenters. The molecule has 0 bridgehead atoms. The van der Waals surface area contributed by atoms with E-state index < -0.39 is 5.54 Å². The zero-order valence-electron chi connectivity index (χ0n) is 10.1. The number of amides is 1. The minimum atomic E-state index is -0.818. The van der Waals surface area contributed by atoms with Crippen LogP contribution < -0.4 is 11.5 Å². The van der Waals surface area contributed by atoms with Crippen LogP contribution in [0.5, 0.6) is 0 Å². The Kier molecular flexibility index (Phi) is 4.35. The van der Waals surface area contributed by atoms with E-state index >= 15 is 0 Å². The molecule has 0 spiro atoms. The van der Waals surface area contributed by atoms with Crippen molar-refractivity contribution in [1.82, 2.24) is 0 Å². The van der Waals surface area contributed by atoms with Crippen LogP contribution in [-0.2, 0) is 4.79 Å². The molecule has 3 nitrogen and oxygen atoms in total. The first-order chi connectivity index (χ1) is 8.49. The van der Waals surface area contributed by atoms with Crippen LogP contribution in [0.25, 0.3) is 0 Å².